The highest BCUT2D eigenvalue weighted by atomic mass is 32.1. The molecule has 3 aromatic heterocycles. The molecule has 0 fully saturated rings. The molecule has 0 saturated heterocycles. The van der Waals surface area contributed by atoms with Crippen LogP contribution in [-0.2, 0) is 4.74 Å². The first-order chi connectivity index (χ1) is 10.5. The first-order valence-corrected chi connectivity index (χ1v) is 7.78. The van der Waals surface area contributed by atoms with Gasteiger partial charge in [0.25, 0.3) is 0 Å². The Morgan fingerprint density at radius 1 is 1.41 bits per heavy atom. The van der Waals surface area contributed by atoms with Gasteiger partial charge in [0.05, 0.1) is 32.9 Å². The van der Waals surface area contributed by atoms with Crippen LogP contribution in [0.25, 0.3) is 15.7 Å². The lowest BCUT2D eigenvalue weighted by atomic mass is 10.2. The molecule has 0 atom stereocenters. The Morgan fingerprint density at radius 3 is 2.77 bits per heavy atom. The van der Waals surface area contributed by atoms with Gasteiger partial charge < -0.3 is 14.9 Å². The van der Waals surface area contributed by atoms with Crippen molar-refractivity contribution in [3.05, 3.63) is 34.3 Å². The summed E-state index contributed by atoms with van der Waals surface area (Å²) in [6, 6.07) is 3.86. The SMILES string of the molecule is CCOC(=O)c1c2sc(C(C)=O)c(N)c2n2ccc(C)cc12. The summed E-state index contributed by atoms with van der Waals surface area (Å²) in [6.45, 7) is 5.49. The smallest absolute Gasteiger partial charge is 0.341 e. The molecule has 3 rings (SSSR count). The molecular weight excluding hydrogens is 300 g/mol. The molecule has 0 aliphatic carbocycles. The lowest BCUT2D eigenvalue weighted by Gasteiger charge is -2.03. The van der Waals surface area contributed by atoms with E-state index in [2.05, 4.69) is 0 Å². The lowest BCUT2D eigenvalue weighted by molar-refractivity contribution is 0.0531. The van der Waals surface area contributed by atoms with Gasteiger partial charge in [-0.25, -0.2) is 4.79 Å². The summed E-state index contributed by atoms with van der Waals surface area (Å²) in [5.74, 6) is -0.494. The molecule has 0 saturated carbocycles. The Hall–Kier alpha value is -2.34. The Kier molecular flexibility index (Phi) is 3.41. The number of Topliss-reactive ketones (excluding diaryl/α,β-unsaturated/α-hetero) is 1. The number of rotatable bonds is 3. The number of nitrogens with zero attached hydrogens (tertiary/aromatic N) is 1. The number of esters is 1. The number of thiophene rings is 1. The van der Waals surface area contributed by atoms with Crippen LogP contribution in [0.1, 0.15) is 39.4 Å². The summed E-state index contributed by atoms with van der Waals surface area (Å²) >= 11 is 1.25. The second-order valence-electron chi connectivity index (χ2n) is 5.13. The summed E-state index contributed by atoms with van der Waals surface area (Å²) < 4.78 is 7.74. The molecule has 0 bridgehead atoms. The van der Waals surface area contributed by atoms with E-state index in [1.54, 1.807) is 6.92 Å². The number of aryl methyl sites for hydroxylation is 1. The van der Waals surface area contributed by atoms with Gasteiger partial charge >= 0.3 is 5.97 Å². The zero-order valence-corrected chi connectivity index (χ0v) is 13.4. The number of carbonyl (C=O) groups excluding carboxylic acids is 2. The van der Waals surface area contributed by atoms with Gasteiger partial charge in [-0.3, -0.25) is 4.79 Å². The molecule has 22 heavy (non-hydrogen) atoms. The predicted molar refractivity (Wildman–Crippen MR) is 87.9 cm³/mol. The predicted octanol–water partition coefficient (Wildman–Crippen LogP) is 3.42. The summed E-state index contributed by atoms with van der Waals surface area (Å²) in [5.41, 5.74) is 9.53. The van der Waals surface area contributed by atoms with E-state index in [1.807, 2.05) is 29.7 Å². The Morgan fingerprint density at radius 2 is 2.14 bits per heavy atom. The van der Waals surface area contributed by atoms with E-state index in [9.17, 15) is 9.59 Å². The molecule has 0 aromatic carbocycles. The fourth-order valence-electron chi connectivity index (χ4n) is 2.62. The van der Waals surface area contributed by atoms with Gasteiger partial charge in [0, 0.05) is 13.1 Å². The molecule has 0 amide bonds. The third-order valence-electron chi connectivity index (χ3n) is 3.55. The molecule has 0 spiro atoms. The van der Waals surface area contributed by atoms with Crippen molar-refractivity contribution in [1.82, 2.24) is 4.40 Å². The third-order valence-corrected chi connectivity index (χ3v) is 4.87. The Labute approximate surface area is 131 Å². The zero-order chi connectivity index (χ0) is 16.0. The number of fused-ring (bicyclic) bond motifs is 3. The van der Waals surface area contributed by atoms with E-state index >= 15 is 0 Å². The van der Waals surface area contributed by atoms with E-state index in [-0.39, 0.29) is 5.78 Å². The van der Waals surface area contributed by atoms with Crippen molar-refractivity contribution in [1.29, 1.82) is 0 Å². The quantitative estimate of drug-likeness (QED) is 0.593. The van der Waals surface area contributed by atoms with Gasteiger partial charge in [-0.1, -0.05) is 0 Å². The third kappa shape index (κ3) is 1.99. The molecule has 5 nitrogen and oxygen atoms in total. The van der Waals surface area contributed by atoms with Crippen molar-refractivity contribution < 1.29 is 14.3 Å². The second kappa shape index (κ2) is 5.14. The van der Waals surface area contributed by atoms with E-state index in [1.165, 1.54) is 18.3 Å². The molecule has 0 unspecified atom stereocenters. The van der Waals surface area contributed by atoms with Gasteiger partial charge in [0.15, 0.2) is 5.78 Å². The van der Waals surface area contributed by atoms with E-state index < -0.39 is 5.97 Å². The molecular formula is C16H16N2O3S. The maximum absolute atomic E-state index is 12.4. The van der Waals surface area contributed by atoms with Crippen molar-refractivity contribution in [3.63, 3.8) is 0 Å². The van der Waals surface area contributed by atoms with E-state index in [4.69, 9.17) is 10.5 Å². The van der Waals surface area contributed by atoms with Crippen molar-refractivity contribution in [2.45, 2.75) is 20.8 Å². The van der Waals surface area contributed by atoms with Crippen molar-refractivity contribution in [3.8, 4) is 0 Å². The number of aromatic nitrogens is 1. The first kappa shape index (κ1) is 14.6. The summed E-state index contributed by atoms with van der Waals surface area (Å²) in [4.78, 5) is 24.6. The number of nitrogens with two attached hydrogens (primary N) is 1. The standard InChI is InChI=1S/C16H16N2O3S/c1-4-21-16(20)11-10-7-8(2)5-6-18(10)13-12(17)14(9(3)19)22-15(11)13/h5-7H,4,17H2,1-3H3. The second-order valence-corrected chi connectivity index (χ2v) is 6.15. The lowest BCUT2D eigenvalue weighted by Crippen LogP contribution is -2.04. The average molecular weight is 316 g/mol. The van der Waals surface area contributed by atoms with E-state index in [0.29, 0.717) is 33.0 Å². The highest BCUT2D eigenvalue weighted by Crippen LogP contribution is 2.40. The van der Waals surface area contributed by atoms with Gasteiger partial charge in [0.1, 0.15) is 5.56 Å². The minimum absolute atomic E-state index is 0.102. The monoisotopic (exact) mass is 316 g/mol. The molecule has 6 heteroatoms. The highest BCUT2D eigenvalue weighted by Gasteiger charge is 2.25. The van der Waals surface area contributed by atoms with Crippen LogP contribution in [0.4, 0.5) is 5.69 Å². The van der Waals surface area contributed by atoms with Crippen LogP contribution in [0.2, 0.25) is 0 Å². The summed E-state index contributed by atoms with van der Waals surface area (Å²) in [6.07, 6.45) is 1.86. The maximum Gasteiger partial charge on any atom is 0.341 e. The average Bonchev–Trinajstić information content (AvgIpc) is 2.93. The van der Waals surface area contributed by atoms with Crippen molar-refractivity contribution >= 4 is 44.5 Å². The zero-order valence-electron chi connectivity index (χ0n) is 12.6. The van der Waals surface area contributed by atoms with Crippen LogP contribution in [0.15, 0.2) is 18.3 Å². The fraction of sp³-hybridized carbons (Fsp3) is 0.250. The molecule has 0 aliphatic heterocycles. The van der Waals surface area contributed by atoms with Crippen LogP contribution >= 0.6 is 11.3 Å². The topological polar surface area (TPSA) is 73.8 Å². The largest absolute Gasteiger partial charge is 0.462 e. The molecule has 114 valence electrons. The van der Waals surface area contributed by atoms with Crippen LogP contribution in [0.3, 0.4) is 0 Å². The summed E-state index contributed by atoms with van der Waals surface area (Å²) in [7, 11) is 0. The first-order valence-electron chi connectivity index (χ1n) is 6.96. The molecule has 0 aliphatic rings. The van der Waals surface area contributed by atoms with Gasteiger partial charge in [-0.05, 0) is 31.5 Å². The molecule has 2 N–H and O–H groups in total. The number of anilines is 1. The van der Waals surface area contributed by atoms with Crippen LogP contribution in [-0.4, -0.2) is 22.8 Å². The number of ether oxygens (including phenoxy) is 1. The van der Waals surface area contributed by atoms with Crippen LogP contribution < -0.4 is 5.73 Å². The molecule has 0 radical (unpaired) electrons. The fourth-order valence-corrected chi connectivity index (χ4v) is 3.76. The highest BCUT2D eigenvalue weighted by molar-refractivity contribution is 7.22. The number of pyridine rings is 1. The van der Waals surface area contributed by atoms with E-state index in [0.717, 1.165) is 11.1 Å². The van der Waals surface area contributed by atoms with Gasteiger partial charge in [-0.2, -0.15) is 0 Å². The number of hydrogen-bond acceptors (Lipinski definition) is 5. The molecule has 3 heterocycles. The van der Waals surface area contributed by atoms with Gasteiger partial charge in [-0.15, -0.1) is 11.3 Å². The number of ketones is 1. The van der Waals surface area contributed by atoms with Crippen molar-refractivity contribution in [2.24, 2.45) is 0 Å². The number of carbonyl (C=O) groups is 2. The van der Waals surface area contributed by atoms with Crippen LogP contribution in [0, 0.1) is 6.92 Å². The van der Waals surface area contributed by atoms with Gasteiger partial charge in [0.2, 0.25) is 0 Å². The number of hydrogen-bond donors (Lipinski definition) is 1. The Bertz CT molecular complexity index is 921. The minimum atomic E-state index is -0.392. The summed E-state index contributed by atoms with van der Waals surface area (Å²) in [5, 5.41) is 0. The molecule has 3 aromatic rings. The minimum Gasteiger partial charge on any atom is -0.462 e. The Balaban J connectivity index is 2.46. The van der Waals surface area contributed by atoms with Crippen molar-refractivity contribution in [2.75, 3.05) is 12.3 Å². The van der Waals surface area contributed by atoms with Crippen LogP contribution in [0.5, 0.6) is 0 Å². The maximum atomic E-state index is 12.4. The number of nitrogen functional groups attached to an aromatic ring is 1. The normalized spacial score (nSPS) is 11.2.